The standard InChI is InChI=1S/C26H19N3O2S/c30-21-10-4-9-20-23(21)24(19-8-3-6-17-5-1-2-7-18(17)19)29-25(31)22(32-26(29)28-20)15-16-11-13-27-14-12-16/h1-3,5-8,11-15,24H,4,9-10H2. The second-order valence-electron chi connectivity index (χ2n) is 8.07. The number of carbonyl (C=O) groups excluding carboxylic acids is 1. The fourth-order valence-corrected chi connectivity index (χ4v) is 5.72. The van der Waals surface area contributed by atoms with Crippen molar-refractivity contribution in [3.05, 3.63) is 109 Å². The fraction of sp³-hybridized carbons (Fsp3) is 0.154. The summed E-state index contributed by atoms with van der Waals surface area (Å²) in [5.74, 6) is 0.0938. The van der Waals surface area contributed by atoms with Crippen molar-refractivity contribution in [2.24, 2.45) is 4.99 Å². The van der Waals surface area contributed by atoms with Gasteiger partial charge in [0.05, 0.1) is 16.3 Å². The SMILES string of the molecule is O=C1CCCC2=C1C(c1cccc3ccccc13)n1c(sc(=Cc3ccncc3)c1=O)=N2. The zero-order valence-corrected chi connectivity index (χ0v) is 18.0. The monoisotopic (exact) mass is 437 g/mol. The molecule has 0 saturated heterocycles. The maximum Gasteiger partial charge on any atom is 0.271 e. The highest BCUT2D eigenvalue weighted by atomic mass is 32.1. The molecule has 6 rings (SSSR count). The maximum atomic E-state index is 13.7. The average molecular weight is 438 g/mol. The first-order valence-corrected chi connectivity index (χ1v) is 11.5. The third-order valence-corrected chi connectivity index (χ3v) is 7.13. The number of thiazole rings is 1. The van der Waals surface area contributed by atoms with E-state index in [0.29, 0.717) is 21.3 Å². The lowest BCUT2D eigenvalue weighted by atomic mass is 9.84. The van der Waals surface area contributed by atoms with Crippen LogP contribution in [0.2, 0.25) is 0 Å². The predicted molar refractivity (Wildman–Crippen MR) is 125 cm³/mol. The van der Waals surface area contributed by atoms with Crippen LogP contribution in [0.1, 0.15) is 36.4 Å². The Balaban J connectivity index is 1.67. The zero-order chi connectivity index (χ0) is 21.7. The summed E-state index contributed by atoms with van der Waals surface area (Å²) >= 11 is 1.38. The summed E-state index contributed by atoms with van der Waals surface area (Å²) in [6.07, 6.45) is 7.35. The number of benzene rings is 2. The fourth-order valence-electron chi connectivity index (χ4n) is 4.70. The molecule has 1 aliphatic heterocycles. The van der Waals surface area contributed by atoms with Gasteiger partial charge in [0.2, 0.25) is 0 Å². The van der Waals surface area contributed by atoms with Gasteiger partial charge in [-0.1, -0.05) is 53.8 Å². The van der Waals surface area contributed by atoms with Gasteiger partial charge in [-0.3, -0.25) is 19.1 Å². The van der Waals surface area contributed by atoms with E-state index in [0.717, 1.165) is 40.4 Å². The molecule has 0 bridgehead atoms. The number of nitrogens with zero attached hydrogens (tertiary/aromatic N) is 3. The minimum absolute atomic E-state index is 0.0938. The summed E-state index contributed by atoms with van der Waals surface area (Å²) in [6, 6.07) is 17.5. The first-order chi connectivity index (χ1) is 15.7. The van der Waals surface area contributed by atoms with E-state index >= 15 is 0 Å². The Bertz CT molecular complexity index is 1590. The lowest BCUT2D eigenvalue weighted by Gasteiger charge is -2.29. The van der Waals surface area contributed by atoms with Gasteiger partial charge in [0.1, 0.15) is 0 Å². The van der Waals surface area contributed by atoms with Gasteiger partial charge in [-0.15, -0.1) is 0 Å². The van der Waals surface area contributed by atoms with Gasteiger partial charge in [0.25, 0.3) is 5.56 Å². The van der Waals surface area contributed by atoms with E-state index in [4.69, 9.17) is 4.99 Å². The number of pyridine rings is 1. The summed E-state index contributed by atoms with van der Waals surface area (Å²) in [5.41, 5.74) is 3.27. The van der Waals surface area contributed by atoms with Crippen LogP contribution in [0.5, 0.6) is 0 Å². The molecule has 0 fully saturated rings. The summed E-state index contributed by atoms with van der Waals surface area (Å²) in [7, 11) is 0. The third kappa shape index (κ3) is 2.99. The van der Waals surface area contributed by atoms with E-state index in [1.165, 1.54) is 11.3 Å². The van der Waals surface area contributed by atoms with Gasteiger partial charge in [-0.25, -0.2) is 4.99 Å². The van der Waals surface area contributed by atoms with Crippen LogP contribution in [-0.4, -0.2) is 15.3 Å². The minimum atomic E-state index is -0.459. The van der Waals surface area contributed by atoms with Crippen LogP contribution in [0, 0.1) is 0 Å². The van der Waals surface area contributed by atoms with Crippen molar-refractivity contribution >= 4 is 34.0 Å². The van der Waals surface area contributed by atoms with Crippen molar-refractivity contribution in [3.63, 3.8) is 0 Å². The van der Waals surface area contributed by atoms with Crippen molar-refractivity contribution in [2.45, 2.75) is 25.3 Å². The van der Waals surface area contributed by atoms with Crippen molar-refractivity contribution in [2.75, 3.05) is 0 Å². The van der Waals surface area contributed by atoms with Crippen LogP contribution >= 0.6 is 11.3 Å². The molecule has 1 aliphatic carbocycles. The molecular formula is C26H19N3O2S. The normalized spacial score (nSPS) is 18.4. The smallest absolute Gasteiger partial charge is 0.271 e. The van der Waals surface area contributed by atoms with Crippen LogP contribution in [0.25, 0.3) is 16.8 Å². The van der Waals surface area contributed by atoms with Crippen molar-refractivity contribution in [1.82, 2.24) is 9.55 Å². The molecule has 0 radical (unpaired) electrons. The summed E-state index contributed by atoms with van der Waals surface area (Å²) in [5, 5.41) is 2.14. The largest absolute Gasteiger partial charge is 0.294 e. The Labute approximate surface area is 187 Å². The van der Waals surface area contributed by atoms with E-state index in [-0.39, 0.29) is 11.3 Å². The number of hydrogen-bond acceptors (Lipinski definition) is 5. The lowest BCUT2D eigenvalue weighted by molar-refractivity contribution is -0.116. The number of fused-ring (bicyclic) bond motifs is 2. The van der Waals surface area contributed by atoms with Crippen LogP contribution < -0.4 is 14.9 Å². The van der Waals surface area contributed by atoms with Gasteiger partial charge < -0.3 is 0 Å². The van der Waals surface area contributed by atoms with E-state index in [1.807, 2.05) is 42.5 Å². The van der Waals surface area contributed by atoms with Crippen molar-refractivity contribution in [3.8, 4) is 0 Å². The van der Waals surface area contributed by atoms with Crippen LogP contribution in [0.4, 0.5) is 0 Å². The van der Waals surface area contributed by atoms with Crippen molar-refractivity contribution in [1.29, 1.82) is 0 Å². The Morgan fingerprint density at radius 1 is 0.969 bits per heavy atom. The Morgan fingerprint density at radius 3 is 2.66 bits per heavy atom. The van der Waals surface area contributed by atoms with E-state index in [1.54, 1.807) is 17.0 Å². The summed E-state index contributed by atoms with van der Waals surface area (Å²) in [4.78, 5) is 36.3. The topological polar surface area (TPSA) is 64.3 Å². The molecule has 0 spiro atoms. The van der Waals surface area contributed by atoms with Gasteiger partial charge in [0, 0.05) is 24.4 Å². The number of hydrogen-bond donors (Lipinski definition) is 0. The molecule has 1 atom stereocenters. The lowest BCUT2D eigenvalue weighted by Crippen LogP contribution is -2.40. The van der Waals surface area contributed by atoms with Crippen LogP contribution in [0.15, 0.2) is 88.0 Å². The van der Waals surface area contributed by atoms with Crippen LogP contribution in [-0.2, 0) is 4.79 Å². The minimum Gasteiger partial charge on any atom is -0.294 e. The molecular weight excluding hydrogens is 418 g/mol. The number of carbonyl (C=O) groups is 1. The highest BCUT2D eigenvalue weighted by Gasteiger charge is 2.35. The van der Waals surface area contributed by atoms with Gasteiger partial charge in [-0.05, 0) is 52.9 Å². The third-order valence-electron chi connectivity index (χ3n) is 6.15. The predicted octanol–water partition coefficient (Wildman–Crippen LogP) is 3.52. The molecule has 32 heavy (non-hydrogen) atoms. The second kappa shape index (κ2) is 7.50. The highest BCUT2D eigenvalue weighted by Crippen LogP contribution is 2.38. The van der Waals surface area contributed by atoms with Crippen LogP contribution in [0.3, 0.4) is 0 Å². The first-order valence-electron chi connectivity index (χ1n) is 10.7. The van der Waals surface area contributed by atoms with E-state index < -0.39 is 6.04 Å². The molecule has 156 valence electrons. The van der Waals surface area contributed by atoms with Crippen molar-refractivity contribution < 1.29 is 4.79 Å². The molecule has 4 aromatic rings. The molecule has 0 saturated carbocycles. The van der Waals surface area contributed by atoms with Gasteiger partial charge >= 0.3 is 0 Å². The Morgan fingerprint density at radius 2 is 1.78 bits per heavy atom. The van der Waals surface area contributed by atoms with Gasteiger partial charge in [-0.2, -0.15) is 0 Å². The molecule has 6 heteroatoms. The van der Waals surface area contributed by atoms with E-state index in [9.17, 15) is 9.59 Å². The summed E-state index contributed by atoms with van der Waals surface area (Å²) in [6.45, 7) is 0. The number of ketones is 1. The first kappa shape index (κ1) is 19.1. The molecule has 0 amide bonds. The molecule has 3 heterocycles. The number of aromatic nitrogens is 2. The van der Waals surface area contributed by atoms with E-state index in [2.05, 4.69) is 23.2 Å². The molecule has 2 aromatic carbocycles. The molecule has 2 aromatic heterocycles. The molecule has 1 unspecified atom stereocenters. The maximum absolute atomic E-state index is 13.7. The average Bonchev–Trinajstić information content (AvgIpc) is 3.13. The highest BCUT2D eigenvalue weighted by molar-refractivity contribution is 7.07. The molecule has 2 aliphatic rings. The molecule has 0 N–H and O–H groups in total. The summed E-state index contributed by atoms with van der Waals surface area (Å²) < 4.78 is 2.33. The quantitative estimate of drug-likeness (QED) is 0.482. The zero-order valence-electron chi connectivity index (χ0n) is 17.2. The van der Waals surface area contributed by atoms with Gasteiger partial charge in [0.15, 0.2) is 10.6 Å². The number of rotatable bonds is 2. The Hall–Kier alpha value is -3.64. The number of Topliss-reactive ketones (excluding diaryl/α,β-unsaturated/α-hetero) is 1. The Kier molecular flexibility index (Phi) is 4.47. The molecule has 5 nitrogen and oxygen atoms in total. The number of allylic oxidation sites excluding steroid dienone is 2. The second-order valence-corrected chi connectivity index (χ2v) is 9.08.